The Labute approximate surface area is 118 Å². The quantitative estimate of drug-likeness (QED) is 0.872. The van der Waals surface area contributed by atoms with Crippen LogP contribution in [0.5, 0.6) is 0 Å². The first-order valence-electron chi connectivity index (χ1n) is 6.23. The van der Waals surface area contributed by atoms with Gasteiger partial charge in [0.2, 0.25) is 0 Å². The van der Waals surface area contributed by atoms with E-state index in [0.717, 1.165) is 12.1 Å². The van der Waals surface area contributed by atoms with E-state index >= 15 is 0 Å². The Bertz CT molecular complexity index is 585. The van der Waals surface area contributed by atoms with Crippen molar-refractivity contribution in [1.82, 2.24) is 5.32 Å². The van der Waals surface area contributed by atoms with E-state index in [0.29, 0.717) is 10.6 Å². The van der Waals surface area contributed by atoms with Gasteiger partial charge in [0.15, 0.2) is 0 Å². The monoisotopic (exact) mass is 277 g/mol. The highest BCUT2D eigenvalue weighted by Crippen LogP contribution is 2.28. The molecule has 0 saturated carbocycles. The topological polar surface area (TPSA) is 12.0 Å². The van der Waals surface area contributed by atoms with E-state index in [1.165, 1.54) is 22.8 Å². The highest BCUT2D eigenvalue weighted by molar-refractivity contribution is 6.30. The van der Waals surface area contributed by atoms with Crippen molar-refractivity contribution in [3.05, 3.63) is 57.9 Å². The molecule has 0 aromatic heterocycles. The van der Waals surface area contributed by atoms with Gasteiger partial charge in [-0.2, -0.15) is 0 Å². The number of benzene rings is 2. The van der Waals surface area contributed by atoms with Crippen LogP contribution in [0.15, 0.2) is 30.3 Å². The van der Waals surface area contributed by atoms with Crippen molar-refractivity contribution in [2.45, 2.75) is 20.4 Å². The molecule has 1 nitrogen and oxygen atoms in total. The largest absolute Gasteiger partial charge is 0.316 e. The number of hydrogen-bond donors (Lipinski definition) is 1. The highest BCUT2D eigenvalue weighted by atomic mass is 35.5. The molecule has 0 aliphatic heterocycles. The second-order valence-corrected chi connectivity index (χ2v) is 5.18. The molecule has 0 atom stereocenters. The summed E-state index contributed by atoms with van der Waals surface area (Å²) in [6, 6.07) is 8.83. The normalized spacial score (nSPS) is 10.8. The van der Waals surface area contributed by atoms with Gasteiger partial charge in [0.25, 0.3) is 0 Å². The first-order chi connectivity index (χ1) is 9.02. The molecule has 0 unspecified atom stereocenters. The first-order valence-corrected chi connectivity index (χ1v) is 6.61. The molecule has 0 heterocycles. The van der Waals surface area contributed by atoms with Crippen LogP contribution in [0.2, 0.25) is 5.02 Å². The summed E-state index contributed by atoms with van der Waals surface area (Å²) in [6.45, 7) is 4.93. The third-order valence-corrected chi connectivity index (χ3v) is 3.53. The van der Waals surface area contributed by atoms with Crippen molar-refractivity contribution in [3.63, 3.8) is 0 Å². The Morgan fingerprint density at radius 2 is 1.74 bits per heavy atom. The maximum absolute atomic E-state index is 14.0. The lowest BCUT2D eigenvalue weighted by Crippen LogP contribution is -2.08. The lowest BCUT2D eigenvalue weighted by molar-refractivity contribution is 0.631. The minimum atomic E-state index is -0.285. The van der Waals surface area contributed by atoms with Gasteiger partial charge in [0.1, 0.15) is 5.82 Å². The molecular formula is C16H17ClFN. The molecule has 0 fully saturated rings. The molecule has 0 aliphatic carbocycles. The van der Waals surface area contributed by atoms with Crippen LogP contribution < -0.4 is 5.32 Å². The van der Waals surface area contributed by atoms with Crippen LogP contribution in [-0.4, -0.2) is 7.05 Å². The summed E-state index contributed by atoms with van der Waals surface area (Å²) in [7, 11) is 1.92. The summed E-state index contributed by atoms with van der Waals surface area (Å²) < 4.78 is 14.0. The predicted molar refractivity (Wildman–Crippen MR) is 79.1 cm³/mol. The van der Waals surface area contributed by atoms with Crippen molar-refractivity contribution in [1.29, 1.82) is 0 Å². The molecule has 0 bridgehead atoms. The third-order valence-electron chi connectivity index (χ3n) is 3.29. The molecule has 0 saturated heterocycles. The summed E-state index contributed by atoms with van der Waals surface area (Å²) in [6.07, 6.45) is 0. The minimum absolute atomic E-state index is 0.285. The minimum Gasteiger partial charge on any atom is -0.316 e. The average molecular weight is 278 g/mol. The van der Waals surface area contributed by atoms with E-state index in [2.05, 4.69) is 19.2 Å². The van der Waals surface area contributed by atoms with Gasteiger partial charge < -0.3 is 5.32 Å². The molecule has 0 aliphatic rings. The van der Waals surface area contributed by atoms with Crippen LogP contribution in [0.4, 0.5) is 4.39 Å². The number of aryl methyl sites for hydroxylation is 2. The van der Waals surface area contributed by atoms with E-state index in [1.807, 2.05) is 19.2 Å². The van der Waals surface area contributed by atoms with Crippen molar-refractivity contribution in [3.8, 4) is 11.1 Å². The van der Waals surface area contributed by atoms with Crippen molar-refractivity contribution in [2.24, 2.45) is 0 Å². The molecule has 2 aromatic rings. The van der Waals surface area contributed by atoms with Crippen LogP contribution in [0.25, 0.3) is 11.1 Å². The molecule has 2 aromatic carbocycles. The third kappa shape index (κ3) is 2.96. The Kier molecular flexibility index (Phi) is 4.23. The molecule has 3 heteroatoms. The van der Waals surface area contributed by atoms with E-state index in [1.54, 1.807) is 12.1 Å². The first kappa shape index (κ1) is 14.0. The lowest BCUT2D eigenvalue weighted by Gasteiger charge is -2.13. The van der Waals surface area contributed by atoms with Gasteiger partial charge in [-0.25, -0.2) is 4.39 Å². The van der Waals surface area contributed by atoms with Gasteiger partial charge in [0, 0.05) is 17.1 Å². The van der Waals surface area contributed by atoms with Crippen LogP contribution in [0.1, 0.15) is 16.7 Å². The Morgan fingerprint density at radius 3 is 2.26 bits per heavy atom. The van der Waals surface area contributed by atoms with Crippen LogP contribution in [0, 0.1) is 19.7 Å². The molecular weight excluding hydrogens is 261 g/mol. The number of nitrogens with one attached hydrogen (secondary N) is 1. The molecule has 0 radical (unpaired) electrons. The zero-order valence-electron chi connectivity index (χ0n) is 11.3. The standard InChI is InChI=1S/C16H17ClFN/c1-10-6-12(7-11(2)15(10)9-19-3)14-5-4-13(17)8-16(14)18/h4-8,19H,9H2,1-3H3. The van der Waals surface area contributed by atoms with E-state index in [4.69, 9.17) is 11.6 Å². The number of hydrogen-bond acceptors (Lipinski definition) is 1. The summed E-state index contributed by atoms with van der Waals surface area (Å²) in [5, 5.41) is 3.57. The van der Waals surface area contributed by atoms with Gasteiger partial charge in [-0.1, -0.05) is 23.7 Å². The van der Waals surface area contributed by atoms with E-state index in [9.17, 15) is 4.39 Å². The average Bonchev–Trinajstić information content (AvgIpc) is 2.33. The molecule has 0 spiro atoms. The van der Waals surface area contributed by atoms with Crippen LogP contribution >= 0.6 is 11.6 Å². The Balaban J connectivity index is 2.52. The smallest absolute Gasteiger partial charge is 0.132 e. The molecule has 1 N–H and O–H groups in total. The maximum atomic E-state index is 14.0. The Hall–Kier alpha value is -1.38. The summed E-state index contributed by atoms with van der Waals surface area (Å²) in [5.41, 5.74) is 5.08. The maximum Gasteiger partial charge on any atom is 0.132 e. The summed E-state index contributed by atoms with van der Waals surface area (Å²) >= 11 is 5.79. The molecule has 19 heavy (non-hydrogen) atoms. The van der Waals surface area contributed by atoms with Crippen LogP contribution in [0.3, 0.4) is 0 Å². The lowest BCUT2D eigenvalue weighted by atomic mass is 9.95. The van der Waals surface area contributed by atoms with Gasteiger partial charge in [-0.3, -0.25) is 0 Å². The number of halogens is 2. The molecule has 2 rings (SSSR count). The van der Waals surface area contributed by atoms with Crippen molar-refractivity contribution in [2.75, 3.05) is 7.05 Å². The fourth-order valence-corrected chi connectivity index (χ4v) is 2.49. The SMILES string of the molecule is CNCc1c(C)cc(-c2ccc(Cl)cc2F)cc1C. The van der Waals surface area contributed by atoms with Gasteiger partial charge in [-0.15, -0.1) is 0 Å². The van der Waals surface area contributed by atoms with Crippen molar-refractivity contribution >= 4 is 11.6 Å². The highest BCUT2D eigenvalue weighted by Gasteiger charge is 2.09. The summed E-state index contributed by atoms with van der Waals surface area (Å²) in [4.78, 5) is 0. The summed E-state index contributed by atoms with van der Waals surface area (Å²) in [5.74, 6) is -0.285. The zero-order valence-corrected chi connectivity index (χ0v) is 12.1. The second kappa shape index (κ2) is 5.72. The van der Waals surface area contributed by atoms with Gasteiger partial charge >= 0.3 is 0 Å². The van der Waals surface area contributed by atoms with Gasteiger partial charge in [-0.05, 0) is 61.3 Å². The molecule has 0 amide bonds. The fraction of sp³-hybridized carbons (Fsp3) is 0.250. The van der Waals surface area contributed by atoms with Gasteiger partial charge in [0.05, 0.1) is 0 Å². The second-order valence-electron chi connectivity index (χ2n) is 4.74. The van der Waals surface area contributed by atoms with E-state index in [-0.39, 0.29) is 5.82 Å². The predicted octanol–water partition coefficient (Wildman–Crippen LogP) is 4.48. The van der Waals surface area contributed by atoms with Crippen molar-refractivity contribution < 1.29 is 4.39 Å². The number of rotatable bonds is 3. The fourth-order valence-electron chi connectivity index (χ4n) is 2.33. The van der Waals surface area contributed by atoms with E-state index < -0.39 is 0 Å². The Morgan fingerprint density at radius 1 is 1.11 bits per heavy atom. The zero-order chi connectivity index (χ0) is 14.0. The van der Waals surface area contributed by atoms with Crippen LogP contribution in [-0.2, 0) is 6.54 Å². The molecule has 100 valence electrons.